The van der Waals surface area contributed by atoms with E-state index in [9.17, 15) is 24.4 Å². The van der Waals surface area contributed by atoms with Gasteiger partial charge in [-0.1, -0.05) is 30.3 Å². The van der Waals surface area contributed by atoms with Crippen molar-refractivity contribution < 1.29 is 14.1 Å². The maximum Gasteiger partial charge on any atom is 0.299 e. The third-order valence-corrected chi connectivity index (χ3v) is 4.52. The quantitative estimate of drug-likeness (QED) is 0.579. The maximum atomic E-state index is 12.0. The molecule has 0 aliphatic heterocycles. The van der Waals surface area contributed by atoms with Crippen molar-refractivity contribution in [3.63, 3.8) is 0 Å². The summed E-state index contributed by atoms with van der Waals surface area (Å²) in [6.45, 7) is 0.262. The topological polar surface area (TPSA) is 115 Å². The van der Waals surface area contributed by atoms with E-state index in [4.69, 9.17) is 0 Å². The molecule has 0 radical (unpaired) electrons. The van der Waals surface area contributed by atoms with Crippen LogP contribution in [0.4, 0.5) is 17.1 Å². The van der Waals surface area contributed by atoms with Gasteiger partial charge in [0.05, 0.1) is 15.9 Å². The van der Waals surface area contributed by atoms with Crippen LogP contribution in [-0.2, 0) is 16.6 Å². The summed E-state index contributed by atoms with van der Waals surface area (Å²) in [5.41, 5.74) is 0.400. The average molecular weight is 349 g/mol. The molecule has 2 aromatic carbocycles. The molecule has 2 rings (SSSR count). The Morgan fingerprint density at radius 1 is 1.00 bits per heavy atom. The summed E-state index contributed by atoms with van der Waals surface area (Å²) in [5, 5.41) is 24.5. The molecular weight excluding hydrogens is 334 g/mol. The van der Waals surface area contributed by atoms with E-state index in [0.717, 1.165) is 11.6 Å². The molecule has 0 saturated heterocycles. The van der Waals surface area contributed by atoms with Crippen LogP contribution in [0.2, 0.25) is 0 Å². The number of hydrogen-bond acceptors (Lipinski definition) is 6. The number of non-ortho nitro benzene ring substituents is 1. The van der Waals surface area contributed by atoms with Crippen LogP contribution >= 0.6 is 0 Å². The second-order valence-electron chi connectivity index (χ2n) is 4.92. The molecule has 9 heteroatoms. The molecule has 1 N–H and O–H groups in total. The Kier molecular flexibility index (Phi) is 5.96. The van der Waals surface area contributed by atoms with E-state index >= 15 is 0 Å². The van der Waals surface area contributed by atoms with Crippen LogP contribution < -0.4 is 5.32 Å². The first-order chi connectivity index (χ1) is 11.5. The Morgan fingerprint density at radius 3 is 2.33 bits per heavy atom. The Balaban J connectivity index is 1.95. The molecule has 1 atom stereocenters. The Bertz CT molecular complexity index is 767. The van der Waals surface area contributed by atoms with Gasteiger partial charge in [-0.05, 0) is 11.6 Å². The van der Waals surface area contributed by atoms with Crippen molar-refractivity contribution in [1.82, 2.24) is 0 Å². The number of nitro benzene ring substituents is 2. The fourth-order valence-electron chi connectivity index (χ4n) is 2.07. The number of nitrogens with one attached hydrogen (secondary N) is 1. The molecule has 0 unspecified atom stereocenters. The Labute approximate surface area is 140 Å². The molecule has 0 aromatic heterocycles. The van der Waals surface area contributed by atoms with Gasteiger partial charge in [0.15, 0.2) is 0 Å². The van der Waals surface area contributed by atoms with Crippen molar-refractivity contribution >= 4 is 27.9 Å². The maximum absolute atomic E-state index is 12.0. The van der Waals surface area contributed by atoms with Gasteiger partial charge in [0.2, 0.25) is 0 Å². The molecular formula is C15H15N3O5S. The third kappa shape index (κ3) is 4.85. The fourth-order valence-corrected chi connectivity index (χ4v) is 3.10. The van der Waals surface area contributed by atoms with Crippen molar-refractivity contribution in [3.8, 4) is 0 Å². The van der Waals surface area contributed by atoms with E-state index in [1.807, 2.05) is 30.3 Å². The molecule has 0 spiro atoms. The van der Waals surface area contributed by atoms with Crippen LogP contribution in [0.15, 0.2) is 48.5 Å². The number of nitrogens with zero attached hydrogens (tertiary/aromatic N) is 2. The minimum Gasteiger partial charge on any atom is -0.379 e. The highest BCUT2D eigenvalue weighted by Crippen LogP contribution is 2.28. The summed E-state index contributed by atoms with van der Waals surface area (Å²) in [6, 6.07) is 12.8. The number of hydrogen-bond donors (Lipinski definition) is 1. The molecule has 126 valence electrons. The van der Waals surface area contributed by atoms with E-state index in [0.29, 0.717) is 11.5 Å². The summed E-state index contributed by atoms with van der Waals surface area (Å²) in [6.07, 6.45) is 0. The molecule has 24 heavy (non-hydrogen) atoms. The van der Waals surface area contributed by atoms with Gasteiger partial charge in [-0.3, -0.25) is 24.4 Å². The average Bonchev–Trinajstić information content (AvgIpc) is 2.55. The monoisotopic (exact) mass is 349 g/mol. The van der Waals surface area contributed by atoms with E-state index in [1.54, 1.807) is 0 Å². The van der Waals surface area contributed by atoms with E-state index in [-0.39, 0.29) is 23.6 Å². The Hall–Kier alpha value is -2.81. The molecule has 0 fully saturated rings. The predicted octanol–water partition coefficient (Wildman–Crippen LogP) is 2.86. The van der Waals surface area contributed by atoms with Gasteiger partial charge in [0.1, 0.15) is 5.69 Å². The van der Waals surface area contributed by atoms with Crippen LogP contribution in [0, 0.1) is 20.2 Å². The first-order valence-corrected chi connectivity index (χ1v) is 8.52. The zero-order valence-corrected chi connectivity index (χ0v) is 13.4. The number of anilines is 1. The van der Waals surface area contributed by atoms with Gasteiger partial charge in [0.25, 0.3) is 11.4 Å². The van der Waals surface area contributed by atoms with Crippen molar-refractivity contribution in [2.24, 2.45) is 0 Å². The summed E-state index contributed by atoms with van der Waals surface area (Å²) in [7, 11) is -1.11. The molecule has 0 bridgehead atoms. The van der Waals surface area contributed by atoms with Crippen LogP contribution in [0.1, 0.15) is 5.56 Å². The SMILES string of the molecule is O=[N+]([O-])c1ccc(NCC[S@@](=O)Cc2ccccc2)c([N+](=O)[O-])c1. The molecule has 8 nitrogen and oxygen atoms in total. The Morgan fingerprint density at radius 2 is 1.71 bits per heavy atom. The smallest absolute Gasteiger partial charge is 0.299 e. The van der Waals surface area contributed by atoms with Crippen LogP contribution in [0.3, 0.4) is 0 Å². The molecule has 2 aromatic rings. The molecule has 0 aliphatic rings. The number of rotatable bonds is 8. The van der Waals surface area contributed by atoms with Gasteiger partial charge in [-0.15, -0.1) is 0 Å². The first kappa shape index (κ1) is 17.5. The predicted molar refractivity (Wildman–Crippen MR) is 91.4 cm³/mol. The lowest BCUT2D eigenvalue weighted by atomic mass is 10.2. The summed E-state index contributed by atoms with van der Waals surface area (Å²) < 4.78 is 12.0. The van der Waals surface area contributed by atoms with E-state index in [1.165, 1.54) is 12.1 Å². The van der Waals surface area contributed by atoms with E-state index < -0.39 is 20.6 Å². The summed E-state index contributed by atoms with van der Waals surface area (Å²) >= 11 is 0. The second kappa shape index (κ2) is 8.16. The lowest BCUT2D eigenvalue weighted by Gasteiger charge is -2.07. The molecule has 0 aliphatic carbocycles. The van der Waals surface area contributed by atoms with Gasteiger partial charge >= 0.3 is 0 Å². The van der Waals surface area contributed by atoms with Crippen molar-refractivity contribution in [2.75, 3.05) is 17.6 Å². The van der Waals surface area contributed by atoms with Crippen LogP contribution in [0.5, 0.6) is 0 Å². The standard InChI is InChI=1S/C15H15N3O5S/c19-17(20)13-6-7-14(15(10-13)18(21)22)16-8-9-24(23)11-12-4-2-1-3-5-12/h1-7,10,16H,8-9,11H2/t24-/m1/s1. The van der Waals surface area contributed by atoms with Crippen molar-refractivity contribution in [1.29, 1.82) is 0 Å². The van der Waals surface area contributed by atoms with Gasteiger partial charge < -0.3 is 5.32 Å². The lowest BCUT2D eigenvalue weighted by Crippen LogP contribution is -2.13. The summed E-state index contributed by atoms with van der Waals surface area (Å²) in [5.74, 6) is 0.716. The normalized spacial score (nSPS) is 11.7. The van der Waals surface area contributed by atoms with Gasteiger partial charge in [-0.25, -0.2) is 0 Å². The highest BCUT2D eigenvalue weighted by molar-refractivity contribution is 7.84. The van der Waals surface area contributed by atoms with Gasteiger partial charge in [-0.2, -0.15) is 0 Å². The number of benzene rings is 2. The minimum atomic E-state index is -1.11. The van der Waals surface area contributed by atoms with Crippen molar-refractivity contribution in [2.45, 2.75) is 5.75 Å². The first-order valence-electron chi connectivity index (χ1n) is 7.03. The van der Waals surface area contributed by atoms with Gasteiger partial charge in [0, 0.05) is 34.9 Å². The second-order valence-corrected chi connectivity index (χ2v) is 6.49. The van der Waals surface area contributed by atoms with Crippen molar-refractivity contribution in [3.05, 3.63) is 74.3 Å². The van der Waals surface area contributed by atoms with Crippen LogP contribution in [-0.4, -0.2) is 26.4 Å². The molecule has 0 saturated carbocycles. The zero-order valence-electron chi connectivity index (χ0n) is 12.6. The molecule has 0 amide bonds. The number of nitro groups is 2. The minimum absolute atomic E-state index is 0.169. The lowest BCUT2D eigenvalue weighted by molar-refractivity contribution is -0.393. The zero-order chi connectivity index (χ0) is 17.5. The summed E-state index contributed by atoms with van der Waals surface area (Å²) in [4.78, 5) is 20.3. The third-order valence-electron chi connectivity index (χ3n) is 3.20. The highest BCUT2D eigenvalue weighted by atomic mass is 32.2. The molecule has 0 heterocycles. The largest absolute Gasteiger partial charge is 0.379 e. The fraction of sp³-hybridized carbons (Fsp3) is 0.200. The van der Waals surface area contributed by atoms with Crippen LogP contribution in [0.25, 0.3) is 0 Å². The highest BCUT2D eigenvalue weighted by Gasteiger charge is 2.19. The van der Waals surface area contributed by atoms with E-state index in [2.05, 4.69) is 5.32 Å².